The van der Waals surface area contributed by atoms with Crippen molar-refractivity contribution in [1.29, 1.82) is 0 Å². The number of hydrogen-bond donors (Lipinski definition) is 1. The second-order valence-electron chi connectivity index (χ2n) is 7.83. The number of esters is 1. The number of amides is 3. The van der Waals surface area contributed by atoms with Gasteiger partial charge in [-0.25, -0.2) is 9.48 Å². The molecular formula is C25H22N4O6. The van der Waals surface area contributed by atoms with Gasteiger partial charge < -0.3 is 10.1 Å². The van der Waals surface area contributed by atoms with Gasteiger partial charge in [-0.1, -0.05) is 24.3 Å². The maximum atomic E-state index is 12.9. The number of carbonyl (C=O) groups excluding carboxylic acids is 4. The van der Waals surface area contributed by atoms with E-state index in [1.807, 2.05) is 6.07 Å². The number of para-hydroxylation sites is 1. The number of fused-ring (bicyclic) bond motifs is 1. The largest absolute Gasteiger partial charge is 0.452 e. The molecule has 1 aliphatic rings. The molecule has 0 aliphatic carbocycles. The van der Waals surface area contributed by atoms with Crippen LogP contribution >= 0.6 is 0 Å². The molecule has 1 aliphatic heterocycles. The zero-order valence-corrected chi connectivity index (χ0v) is 19.1. The smallest absolute Gasteiger partial charge is 0.338 e. The van der Waals surface area contributed by atoms with E-state index in [2.05, 4.69) is 11.9 Å². The molecule has 3 amide bonds. The maximum absolute atomic E-state index is 12.9. The molecule has 0 unspecified atom stereocenters. The van der Waals surface area contributed by atoms with Crippen molar-refractivity contribution in [2.24, 2.45) is 7.05 Å². The molecule has 0 saturated heterocycles. The van der Waals surface area contributed by atoms with E-state index in [9.17, 15) is 24.0 Å². The molecule has 0 saturated carbocycles. The maximum Gasteiger partial charge on any atom is 0.338 e. The highest BCUT2D eigenvalue weighted by Gasteiger charge is 2.35. The molecule has 0 radical (unpaired) electrons. The van der Waals surface area contributed by atoms with Crippen molar-refractivity contribution in [1.82, 2.24) is 14.3 Å². The summed E-state index contributed by atoms with van der Waals surface area (Å²) in [6.07, 6.45) is 1.43. The van der Waals surface area contributed by atoms with Crippen molar-refractivity contribution in [3.63, 3.8) is 0 Å². The molecule has 1 aromatic heterocycles. The minimum absolute atomic E-state index is 0.0143. The van der Waals surface area contributed by atoms with E-state index in [0.29, 0.717) is 11.4 Å². The summed E-state index contributed by atoms with van der Waals surface area (Å²) in [7, 11) is 1.69. The van der Waals surface area contributed by atoms with Crippen molar-refractivity contribution >= 4 is 29.4 Å². The normalized spacial score (nSPS) is 12.5. The van der Waals surface area contributed by atoms with Gasteiger partial charge in [-0.05, 0) is 37.3 Å². The first-order valence-electron chi connectivity index (χ1n) is 10.7. The van der Waals surface area contributed by atoms with Crippen LogP contribution < -0.4 is 10.9 Å². The van der Waals surface area contributed by atoms with Crippen LogP contribution in [0.25, 0.3) is 5.69 Å². The van der Waals surface area contributed by atoms with E-state index >= 15 is 0 Å². The van der Waals surface area contributed by atoms with Crippen LogP contribution in [0, 0.1) is 6.92 Å². The Balaban J connectivity index is 1.45. The number of rotatable bonds is 7. The minimum atomic E-state index is -0.850. The fourth-order valence-corrected chi connectivity index (χ4v) is 3.81. The van der Waals surface area contributed by atoms with E-state index in [0.717, 1.165) is 4.90 Å². The number of aromatic nitrogens is 2. The Morgan fingerprint density at radius 1 is 1.03 bits per heavy atom. The summed E-state index contributed by atoms with van der Waals surface area (Å²) < 4.78 is 8.09. The van der Waals surface area contributed by atoms with Crippen LogP contribution in [0.1, 0.15) is 36.8 Å². The number of carbonyl (C=O) groups is 4. The van der Waals surface area contributed by atoms with Crippen molar-refractivity contribution in [3.05, 3.63) is 93.9 Å². The Morgan fingerprint density at radius 3 is 2.40 bits per heavy atom. The Morgan fingerprint density at radius 2 is 1.71 bits per heavy atom. The molecule has 0 fully saturated rings. The fraction of sp³-hybridized carbons (Fsp3) is 0.160. The molecule has 0 bridgehead atoms. The first-order chi connectivity index (χ1) is 16.7. The summed E-state index contributed by atoms with van der Waals surface area (Å²) >= 11 is 0. The predicted molar refractivity (Wildman–Crippen MR) is 127 cm³/mol. The van der Waals surface area contributed by atoms with E-state index in [1.54, 1.807) is 42.9 Å². The van der Waals surface area contributed by atoms with Crippen molar-refractivity contribution in [2.45, 2.75) is 6.92 Å². The van der Waals surface area contributed by atoms with E-state index < -0.39 is 35.9 Å². The van der Waals surface area contributed by atoms with Crippen LogP contribution in [0.5, 0.6) is 0 Å². The monoisotopic (exact) mass is 474 g/mol. The summed E-state index contributed by atoms with van der Waals surface area (Å²) in [6.45, 7) is 4.61. The highest BCUT2D eigenvalue weighted by Crippen LogP contribution is 2.24. The van der Waals surface area contributed by atoms with E-state index in [1.165, 1.54) is 29.0 Å². The van der Waals surface area contributed by atoms with Gasteiger partial charge in [0.25, 0.3) is 23.3 Å². The lowest BCUT2D eigenvalue weighted by molar-refractivity contribution is -0.119. The molecule has 2 aromatic carbocycles. The van der Waals surface area contributed by atoms with Crippen molar-refractivity contribution in [3.8, 4) is 5.69 Å². The van der Waals surface area contributed by atoms with Crippen LogP contribution in [-0.4, -0.2) is 51.1 Å². The summed E-state index contributed by atoms with van der Waals surface area (Å²) in [5.41, 5.74) is 1.07. The number of hydrogen-bond acceptors (Lipinski definition) is 6. The lowest BCUT2D eigenvalue weighted by Gasteiger charge is -2.09. The first kappa shape index (κ1) is 23.4. The van der Waals surface area contributed by atoms with Crippen molar-refractivity contribution < 1.29 is 23.9 Å². The van der Waals surface area contributed by atoms with Gasteiger partial charge in [0.05, 0.1) is 28.1 Å². The number of imide groups is 1. The average molecular weight is 474 g/mol. The predicted octanol–water partition coefficient (Wildman–Crippen LogP) is 2.06. The number of benzene rings is 2. The van der Waals surface area contributed by atoms with Gasteiger partial charge >= 0.3 is 5.97 Å². The first-order valence-corrected chi connectivity index (χ1v) is 10.7. The van der Waals surface area contributed by atoms with Gasteiger partial charge in [0.2, 0.25) is 0 Å². The zero-order chi connectivity index (χ0) is 25.3. The molecule has 3 aromatic rings. The molecule has 178 valence electrons. The SMILES string of the molecule is C=CCN1C(=O)c2ccc(C(=O)OCC(=O)Nc3c(C)n(C)n(-c4ccccc4)c3=O)cc2C1=O. The highest BCUT2D eigenvalue weighted by atomic mass is 16.5. The number of ether oxygens (including phenoxy) is 1. The molecule has 0 spiro atoms. The topological polar surface area (TPSA) is 120 Å². The number of nitrogens with one attached hydrogen (secondary N) is 1. The van der Waals surface area contributed by atoms with Crippen LogP contribution in [0.4, 0.5) is 5.69 Å². The molecule has 35 heavy (non-hydrogen) atoms. The molecule has 10 heteroatoms. The van der Waals surface area contributed by atoms with Gasteiger partial charge in [-0.2, -0.15) is 0 Å². The second kappa shape index (κ2) is 9.26. The molecule has 0 atom stereocenters. The third-order valence-corrected chi connectivity index (χ3v) is 5.67. The Labute approximate surface area is 200 Å². The Bertz CT molecular complexity index is 1430. The molecule has 2 heterocycles. The van der Waals surface area contributed by atoms with Crippen LogP contribution in [-0.2, 0) is 16.6 Å². The lowest BCUT2D eigenvalue weighted by atomic mass is 10.1. The average Bonchev–Trinajstić information content (AvgIpc) is 3.22. The van der Waals surface area contributed by atoms with E-state index in [4.69, 9.17) is 4.74 Å². The third kappa shape index (κ3) is 4.17. The third-order valence-electron chi connectivity index (χ3n) is 5.67. The standard InChI is InChI=1S/C25H22N4O6/c1-4-12-28-22(31)18-11-10-16(13-19(18)23(28)32)25(34)35-14-20(30)26-21-15(2)27(3)29(24(21)33)17-8-6-5-7-9-17/h4-11,13H,1,12,14H2,2-3H3,(H,26,30). The second-order valence-corrected chi connectivity index (χ2v) is 7.83. The Kier molecular flexibility index (Phi) is 6.20. The quantitative estimate of drug-likeness (QED) is 0.318. The zero-order valence-electron chi connectivity index (χ0n) is 19.1. The van der Waals surface area contributed by atoms with Crippen LogP contribution in [0.2, 0.25) is 0 Å². The van der Waals surface area contributed by atoms with Crippen molar-refractivity contribution in [2.75, 3.05) is 18.5 Å². The molecule has 4 rings (SSSR count). The minimum Gasteiger partial charge on any atom is -0.452 e. The number of nitrogens with zero attached hydrogens (tertiary/aromatic N) is 3. The summed E-state index contributed by atoms with van der Waals surface area (Å²) in [5.74, 6) is -2.55. The molecule has 1 N–H and O–H groups in total. The summed E-state index contributed by atoms with van der Waals surface area (Å²) in [5, 5.41) is 2.51. The van der Waals surface area contributed by atoms with Gasteiger partial charge in [0.15, 0.2) is 6.61 Å². The molecule has 10 nitrogen and oxygen atoms in total. The summed E-state index contributed by atoms with van der Waals surface area (Å²) in [4.78, 5) is 63.6. The van der Waals surface area contributed by atoms with Gasteiger partial charge in [-0.15, -0.1) is 6.58 Å². The lowest BCUT2D eigenvalue weighted by Crippen LogP contribution is -2.29. The van der Waals surface area contributed by atoms with Crippen LogP contribution in [0.15, 0.2) is 66.0 Å². The van der Waals surface area contributed by atoms with Crippen LogP contribution in [0.3, 0.4) is 0 Å². The van der Waals surface area contributed by atoms with Gasteiger partial charge in [-0.3, -0.25) is 28.8 Å². The van der Waals surface area contributed by atoms with Gasteiger partial charge in [0.1, 0.15) is 5.69 Å². The highest BCUT2D eigenvalue weighted by molar-refractivity contribution is 6.22. The van der Waals surface area contributed by atoms with Gasteiger partial charge in [0, 0.05) is 13.6 Å². The Hall–Kier alpha value is -4.73. The number of anilines is 1. The fourth-order valence-electron chi connectivity index (χ4n) is 3.81. The molecular weight excluding hydrogens is 452 g/mol. The van der Waals surface area contributed by atoms with E-state index in [-0.39, 0.29) is 28.9 Å². The summed E-state index contributed by atoms with van der Waals surface area (Å²) in [6, 6.07) is 12.9.